The number of nitrogens with one attached hydrogen (secondary N) is 2. The van der Waals surface area contributed by atoms with E-state index in [1.165, 1.54) is 0 Å². The van der Waals surface area contributed by atoms with Gasteiger partial charge in [-0.1, -0.05) is 11.6 Å². The van der Waals surface area contributed by atoms with Crippen LogP contribution in [0.1, 0.15) is 12.8 Å². The molecule has 0 atom stereocenters. The number of carbonyl (C=O) groups is 3. The number of amides is 4. The molecule has 2 rings (SSSR count). The van der Waals surface area contributed by atoms with E-state index in [9.17, 15) is 14.4 Å². The summed E-state index contributed by atoms with van der Waals surface area (Å²) >= 11 is 5.79. The minimum atomic E-state index is -0.411. The van der Waals surface area contributed by atoms with Gasteiger partial charge in [0.05, 0.1) is 17.3 Å². The van der Waals surface area contributed by atoms with E-state index < -0.39 is 6.03 Å². The third-order valence-electron chi connectivity index (χ3n) is 3.00. The monoisotopic (exact) mass is 310 g/mol. The second kappa shape index (κ2) is 6.45. The summed E-state index contributed by atoms with van der Waals surface area (Å²) in [5, 5.41) is 5.52. The number of nitrogen functional groups attached to an aromatic ring is 1. The molecule has 1 aliphatic rings. The fourth-order valence-corrected chi connectivity index (χ4v) is 2.04. The predicted octanol–water partition coefficient (Wildman–Crippen LogP) is 1.19. The van der Waals surface area contributed by atoms with E-state index in [-0.39, 0.29) is 31.3 Å². The lowest BCUT2D eigenvalue weighted by atomic mass is 10.2. The standard InChI is InChI=1S/C13H15ClN4O3/c14-9-4-3-8(6-10(9)15)17-11(19)2-1-5-18-12(20)7-16-13(18)21/h3-4,6H,1-2,5,7,15H2,(H,16,21)(H,17,19). The SMILES string of the molecule is Nc1cc(NC(=O)CCCN2C(=O)CNC2=O)ccc1Cl. The normalized spacial score (nSPS) is 14.2. The number of nitrogens with zero attached hydrogens (tertiary/aromatic N) is 1. The van der Waals surface area contributed by atoms with E-state index in [1.54, 1.807) is 18.2 Å². The first-order chi connectivity index (χ1) is 9.97. The number of carbonyl (C=O) groups excluding carboxylic acids is 3. The van der Waals surface area contributed by atoms with Crippen LogP contribution in [0.15, 0.2) is 18.2 Å². The Labute approximate surface area is 126 Å². The molecule has 0 spiro atoms. The number of benzene rings is 1. The molecular formula is C13H15ClN4O3. The van der Waals surface area contributed by atoms with E-state index in [1.807, 2.05) is 0 Å². The highest BCUT2D eigenvalue weighted by Gasteiger charge is 2.27. The van der Waals surface area contributed by atoms with Gasteiger partial charge < -0.3 is 16.4 Å². The first kappa shape index (κ1) is 15.1. The van der Waals surface area contributed by atoms with Crippen molar-refractivity contribution in [1.29, 1.82) is 0 Å². The minimum absolute atomic E-state index is 0.0229. The molecule has 21 heavy (non-hydrogen) atoms. The quantitative estimate of drug-likeness (QED) is 0.561. The lowest BCUT2D eigenvalue weighted by Gasteiger charge is -2.12. The summed E-state index contributed by atoms with van der Waals surface area (Å²) in [7, 11) is 0. The summed E-state index contributed by atoms with van der Waals surface area (Å²) in [5.74, 6) is -0.491. The summed E-state index contributed by atoms with van der Waals surface area (Å²) in [5.41, 5.74) is 6.57. The molecule has 1 aromatic rings. The maximum Gasteiger partial charge on any atom is 0.324 e. The summed E-state index contributed by atoms with van der Waals surface area (Å²) in [6, 6.07) is 4.40. The van der Waals surface area contributed by atoms with Gasteiger partial charge in [-0.25, -0.2) is 4.79 Å². The molecule has 0 bridgehead atoms. The Hall–Kier alpha value is -2.28. The molecule has 0 unspecified atom stereocenters. The average molecular weight is 311 g/mol. The number of hydrogen-bond donors (Lipinski definition) is 3. The molecule has 4 amide bonds. The number of rotatable bonds is 5. The molecule has 1 heterocycles. The molecule has 7 nitrogen and oxygen atoms in total. The van der Waals surface area contributed by atoms with Crippen molar-refractivity contribution in [3.05, 3.63) is 23.2 Å². The zero-order valence-electron chi connectivity index (χ0n) is 11.2. The van der Waals surface area contributed by atoms with Crippen LogP contribution in [0.5, 0.6) is 0 Å². The van der Waals surface area contributed by atoms with Gasteiger partial charge in [0.1, 0.15) is 0 Å². The molecule has 4 N–H and O–H groups in total. The molecule has 8 heteroatoms. The van der Waals surface area contributed by atoms with E-state index in [2.05, 4.69) is 10.6 Å². The summed E-state index contributed by atoms with van der Waals surface area (Å²) in [6.07, 6.45) is 0.591. The molecular weight excluding hydrogens is 296 g/mol. The van der Waals surface area contributed by atoms with Gasteiger partial charge in [0.15, 0.2) is 0 Å². The third-order valence-corrected chi connectivity index (χ3v) is 3.35. The summed E-state index contributed by atoms with van der Waals surface area (Å²) in [4.78, 5) is 35.5. The Kier molecular flexibility index (Phi) is 4.64. The van der Waals surface area contributed by atoms with Crippen molar-refractivity contribution in [1.82, 2.24) is 10.2 Å². The average Bonchev–Trinajstić information content (AvgIpc) is 2.74. The van der Waals surface area contributed by atoms with Crippen molar-refractivity contribution in [2.24, 2.45) is 0 Å². The van der Waals surface area contributed by atoms with Crippen molar-refractivity contribution in [2.75, 3.05) is 24.1 Å². The smallest absolute Gasteiger partial charge is 0.324 e. The van der Waals surface area contributed by atoms with Crippen LogP contribution in [0.2, 0.25) is 5.02 Å². The highest BCUT2D eigenvalue weighted by molar-refractivity contribution is 6.33. The van der Waals surface area contributed by atoms with Crippen LogP contribution in [0.25, 0.3) is 0 Å². The Balaban J connectivity index is 1.78. The van der Waals surface area contributed by atoms with Crippen molar-refractivity contribution < 1.29 is 14.4 Å². The highest BCUT2D eigenvalue weighted by Crippen LogP contribution is 2.22. The van der Waals surface area contributed by atoms with Crippen molar-refractivity contribution in [3.63, 3.8) is 0 Å². The van der Waals surface area contributed by atoms with Crippen LogP contribution >= 0.6 is 11.6 Å². The minimum Gasteiger partial charge on any atom is -0.397 e. The van der Waals surface area contributed by atoms with Crippen LogP contribution in [0.3, 0.4) is 0 Å². The fraction of sp³-hybridized carbons (Fsp3) is 0.308. The second-order valence-electron chi connectivity index (χ2n) is 4.59. The number of anilines is 2. The summed E-state index contributed by atoms with van der Waals surface area (Å²) in [6.45, 7) is 0.246. The molecule has 1 fully saturated rings. The Bertz CT molecular complexity index is 575. The van der Waals surface area contributed by atoms with Crippen molar-refractivity contribution in [2.45, 2.75) is 12.8 Å². The maximum absolute atomic E-state index is 11.8. The topological polar surface area (TPSA) is 105 Å². The van der Waals surface area contributed by atoms with Crippen LogP contribution in [-0.4, -0.2) is 35.8 Å². The lowest BCUT2D eigenvalue weighted by molar-refractivity contribution is -0.125. The van der Waals surface area contributed by atoms with Gasteiger partial charge in [-0.15, -0.1) is 0 Å². The number of hydrogen-bond acceptors (Lipinski definition) is 4. The van der Waals surface area contributed by atoms with Crippen molar-refractivity contribution in [3.8, 4) is 0 Å². The maximum atomic E-state index is 11.8. The van der Waals surface area contributed by atoms with E-state index in [0.29, 0.717) is 22.8 Å². The van der Waals surface area contributed by atoms with Gasteiger partial charge in [-0.3, -0.25) is 14.5 Å². The Morgan fingerprint density at radius 3 is 2.81 bits per heavy atom. The molecule has 0 saturated carbocycles. The largest absolute Gasteiger partial charge is 0.397 e. The molecule has 112 valence electrons. The van der Waals surface area contributed by atoms with Crippen LogP contribution in [0, 0.1) is 0 Å². The van der Waals surface area contributed by atoms with Gasteiger partial charge in [0.2, 0.25) is 11.8 Å². The van der Waals surface area contributed by atoms with Gasteiger partial charge in [0, 0.05) is 18.7 Å². The first-order valence-corrected chi connectivity index (χ1v) is 6.78. The van der Waals surface area contributed by atoms with Crippen LogP contribution in [-0.2, 0) is 9.59 Å². The lowest BCUT2D eigenvalue weighted by Crippen LogP contribution is -2.32. The van der Waals surface area contributed by atoms with Crippen LogP contribution < -0.4 is 16.4 Å². The second-order valence-corrected chi connectivity index (χ2v) is 5.00. The zero-order valence-corrected chi connectivity index (χ0v) is 11.9. The van der Waals surface area contributed by atoms with Crippen LogP contribution in [0.4, 0.5) is 16.2 Å². The summed E-state index contributed by atoms with van der Waals surface area (Å²) < 4.78 is 0. The molecule has 1 aliphatic heterocycles. The number of imide groups is 1. The Morgan fingerprint density at radius 2 is 2.19 bits per heavy atom. The molecule has 0 aliphatic carbocycles. The third kappa shape index (κ3) is 3.85. The molecule has 0 radical (unpaired) electrons. The first-order valence-electron chi connectivity index (χ1n) is 6.40. The number of urea groups is 1. The van der Waals surface area contributed by atoms with E-state index >= 15 is 0 Å². The molecule has 0 aromatic heterocycles. The van der Waals surface area contributed by atoms with Crippen molar-refractivity contribution >= 4 is 40.8 Å². The van der Waals surface area contributed by atoms with E-state index in [0.717, 1.165) is 4.90 Å². The molecule has 1 saturated heterocycles. The zero-order chi connectivity index (χ0) is 15.4. The fourth-order valence-electron chi connectivity index (χ4n) is 1.92. The van der Waals surface area contributed by atoms with Gasteiger partial charge in [-0.2, -0.15) is 0 Å². The molecule has 1 aromatic carbocycles. The number of nitrogens with two attached hydrogens (primary N) is 1. The van der Waals surface area contributed by atoms with Gasteiger partial charge in [0.25, 0.3) is 0 Å². The highest BCUT2D eigenvalue weighted by atomic mass is 35.5. The van der Waals surface area contributed by atoms with Gasteiger partial charge in [-0.05, 0) is 24.6 Å². The Morgan fingerprint density at radius 1 is 1.43 bits per heavy atom. The van der Waals surface area contributed by atoms with E-state index in [4.69, 9.17) is 17.3 Å². The van der Waals surface area contributed by atoms with Gasteiger partial charge >= 0.3 is 6.03 Å². The predicted molar refractivity (Wildman–Crippen MR) is 78.8 cm³/mol. The number of halogens is 1.